The van der Waals surface area contributed by atoms with Gasteiger partial charge in [-0.15, -0.1) is 0 Å². The molecule has 2 heterocycles. The Morgan fingerprint density at radius 3 is 2.47 bits per heavy atom. The van der Waals surface area contributed by atoms with Gasteiger partial charge in [-0.1, -0.05) is 11.6 Å². The smallest absolute Gasteiger partial charge is 0.263 e. The average molecular weight is 468 g/mol. The number of aliphatic hydroxyl groups is 1. The predicted molar refractivity (Wildman–Crippen MR) is 127 cm³/mol. The van der Waals surface area contributed by atoms with E-state index in [0.29, 0.717) is 29.7 Å². The fourth-order valence-electron chi connectivity index (χ4n) is 5.09. The molecule has 2 N–H and O–H groups in total. The number of carbonyl (C=O) groups is 1. The van der Waals surface area contributed by atoms with E-state index in [4.69, 9.17) is 16.3 Å². The van der Waals surface area contributed by atoms with Crippen molar-refractivity contribution in [1.29, 1.82) is 0 Å². The van der Waals surface area contributed by atoms with E-state index in [1.807, 2.05) is 13.8 Å². The van der Waals surface area contributed by atoms with Crippen molar-refractivity contribution in [2.24, 2.45) is 5.92 Å². The molecule has 1 amide bonds. The summed E-state index contributed by atoms with van der Waals surface area (Å²) in [6, 6.07) is 1.41. The standard InChI is InChI=1S/C24H38ClN3O4/c1-16(2)28-17(3)21(25)13-20(23(28)30)22(29)26-14-18-7-11-27(12-8-18)15-24(31)9-5-19(32-4)6-10-24/h13,16,18-19,31H,5-12,14-15H2,1-4H3,(H,26,29). The minimum absolute atomic E-state index is 0.0727. The molecule has 1 aromatic heterocycles. The number of nitrogens with zero attached hydrogens (tertiary/aromatic N) is 2. The molecule has 8 heteroatoms. The van der Waals surface area contributed by atoms with Gasteiger partial charge < -0.3 is 24.6 Å². The van der Waals surface area contributed by atoms with Gasteiger partial charge in [-0.25, -0.2) is 0 Å². The molecular weight excluding hydrogens is 430 g/mol. The number of β-amino-alcohol motifs (C(OH)–C–C–N with tert-alkyl or cyclic N) is 1. The fourth-order valence-corrected chi connectivity index (χ4v) is 5.29. The van der Waals surface area contributed by atoms with Crippen LogP contribution in [-0.2, 0) is 4.74 Å². The second-order valence-electron chi connectivity index (χ2n) is 9.85. The van der Waals surface area contributed by atoms with E-state index in [9.17, 15) is 14.7 Å². The number of carbonyl (C=O) groups excluding carboxylic acids is 1. The van der Waals surface area contributed by atoms with Gasteiger partial charge in [-0.2, -0.15) is 0 Å². The molecule has 7 nitrogen and oxygen atoms in total. The van der Waals surface area contributed by atoms with Crippen molar-refractivity contribution >= 4 is 17.5 Å². The van der Waals surface area contributed by atoms with Crippen molar-refractivity contribution in [2.75, 3.05) is 33.3 Å². The fraction of sp³-hybridized carbons (Fsp3) is 0.750. The number of amides is 1. The maximum Gasteiger partial charge on any atom is 0.263 e. The summed E-state index contributed by atoms with van der Waals surface area (Å²) in [5.41, 5.74) is -0.142. The van der Waals surface area contributed by atoms with E-state index >= 15 is 0 Å². The van der Waals surface area contributed by atoms with E-state index < -0.39 is 5.60 Å². The zero-order chi connectivity index (χ0) is 23.5. The van der Waals surface area contributed by atoms with Gasteiger partial charge in [0.05, 0.1) is 16.7 Å². The topological polar surface area (TPSA) is 83.8 Å². The Labute approximate surface area is 196 Å². The highest BCUT2D eigenvalue weighted by Gasteiger charge is 2.35. The van der Waals surface area contributed by atoms with Crippen LogP contribution in [0.3, 0.4) is 0 Å². The quantitative estimate of drug-likeness (QED) is 0.643. The van der Waals surface area contributed by atoms with Crippen molar-refractivity contribution in [3.05, 3.63) is 32.7 Å². The van der Waals surface area contributed by atoms with Crippen molar-refractivity contribution in [1.82, 2.24) is 14.8 Å². The third kappa shape index (κ3) is 5.93. The van der Waals surface area contributed by atoms with Crippen LogP contribution in [0.2, 0.25) is 5.02 Å². The number of methoxy groups -OCH3 is 1. The number of aromatic nitrogens is 1. The van der Waals surface area contributed by atoms with Crippen LogP contribution in [0.15, 0.2) is 10.9 Å². The summed E-state index contributed by atoms with van der Waals surface area (Å²) in [6.07, 6.45) is 5.60. The molecule has 1 saturated carbocycles. The first-order chi connectivity index (χ1) is 15.1. The van der Waals surface area contributed by atoms with E-state index in [1.165, 1.54) is 6.07 Å². The van der Waals surface area contributed by atoms with E-state index in [2.05, 4.69) is 10.2 Å². The second kappa shape index (κ2) is 10.7. The summed E-state index contributed by atoms with van der Waals surface area (Å²) in [6.45, 7) is 8.66. The molecule has 1 aliphatic carbocycles. The maximum atomic E-state index is 12.8. The Morgan fingerprint density at radius 2 is 1.91 bits per heavy atom. The first-order valence-electron chi connectivity index (χ1n) is 11.8. The number of ether oxygens (including phenoxy) is 1. The van der Waals surface area contributed by atoms with Crippen LogP contribution in [0.1, 0.15) is 74.5 Å². The van der Waals surface area contributed by atoms with Gasteiger partial charge in [0, 0.05) is 31.9 Å². The summed E-state index contributed by atoms with van der Waals surface area (Å²) in [5, 5.41) is 14.3. The lowest BCUT2D eigenvalue weighted by molar-refractivity contribution is -0.0650. The Hall–Kier alpha value is -1.41. The van der Waals surface area contributed by atoms with E-state index in [-0.39, 0.29) is 29.2 Å². The number of piperidine rings is 1. The Morgan fingerprint density at radius 1 is 1.28 bits per heavy atom. The van der Waals surface area contributed by atoms with Crippen molar-refractivity contribution in [2.45, 2.75) is 77.0 Å². The van der Waals surface area contributed by atoms with Crippen LogP contribution >= 0.6 is 11.6 Å². The van der Waals surface area contributed by atoms with Gasteiger partial charge in [0.1, 0.15) is 5.56 Å². The minimum Gasteiger partial charge on any atom is -0.389 e. The van der Waals surface area contributed by atoms with E-state index in [0.717, 1.165) is 51.6 Å². The number of nitrogens with one attached hydrogen (secondary N) is 1. The lowest BCUT2D eigenvalue weighted by Gasteiger charge is -2.41. The summed E-state index contributed by atoms with van der Waals surface area (Å²) in [5.74, 6) is 0.000240. The first kappa shape index (κ1) is 25.2. The summed E-state index contributed by atoms with van der Waals surface area (Å²) >= 11 is 6.28. The van der Waals surface area contributed by atoms with Crippen molar-refractivity contribution in [3.63, 3.8) is 0 Å². The van der Waals surface area contributed by atoms with Gasteiger partial charge in [0.25, 0.3) is 11.5 Å². The molecule has 1 saturated heterocycles. The molecular formula is C24H38ClN3O4. The molecule has 32 heavy (non-hydrogen) atoms. The zero-order valence-corrected chi connectivity index (χ0v) is 20.6. The Bertz CT molecular complexity index is 854. The highest BCUT2D eigenvalue weighted by Crippen LogP contribution is 2.31. The number of halogens is 1. The summed E-state index contributed by atoms with van der Waals surface area (Å²) in [7, 11) is 1.74. The van der Waals surface area contributed by atoms with Crippen molar-refractivity contribution < 1.29 is 14.6 Å². The second-order valence-corrected chi connectivity index (χ2v) is 10.3. The molecule has 2 fully saturated rings. The number of likely N-dealkylation sites (tertiary alicyclic amines) is 1. The predicted octanol–water partition coefficient (Wildman–Crippen LogP) is 3.15. The highest BCUT2D eigenvalue weighted by atomic mass is 35.5. The molecule has 0 unspecified atom stereocenters. The number of rotatable bonds is 7. The van der Waals surface area contributed by atoms with Crippen LogP contribution in [0.25, 0.3) is 0 Å². The molecule has 1 aliphatic heterocycles. The van der Waals surface area contributed by atoms with Crippen molar-refractivity contribution in [3.8, 4) is 0 Å². The summed E-state index contributed by atoms with van der Waals surface area (Å²) in [4.78, 5) is 27.9. The zero-order valence-electron chi connectivity index (χ0n) is 19.8. The molecule has 3 rings (SSSR count). The number of pyridine rings is 1. The van der Waals surface area contributed by atoms with Gasteiger partial charge in [-0.05, 0) is 84.4 Å². The van der Waals surface area contributed by atoms with Gasteiger partial charge in [-0.3, -0.25) is 9.59 Å². The Kier molecular flexibility index (Phi) is 8.42. The molecule has 1 aromatic rings. The highest BCUT2D eigenvalue weighted by molar-refractivity contribution is 6.31. The molecule has 2 aliphatic rings. The molecule has 0 radical (unpaired) electrons. The van der Waals surface area contributed by atoms with E-state index in [1.54, 1.807) is 18.6 Å². The number of hydrogen-bond donors (Lipinski definition) is 2. The van der Waals surface area contributed by atoms with Gasteiger partial charge in [0.15, 0.2) is 0 Å². The maximum absolute atomic E-state index is 12.8. The average Bonchev–Trinajstić information content (AvgIpc) is 2.76. The normalized spacial score (nSPS) is 25.3. The SMILES string of the molecule is COC1CCC(O)(CN2CCC(CNC(=O)c3cc(Cl)c(C)n(C(C)C)c3=O)CC2)CC1. The van der Waals surface area contributed by atoms with Crippen LogP contribution in [-0.4, -0.2) is 65.5 Å². The third-order valence-corrected chi connectivity index (χ3v) is 7.54. The van der Waals surface area contributed by atoms with Gasteiger partial charge in [0.2, 0.25) is 0 Å². The first-order valence-corrected chi connectivity index (χ1v) is 12.2. The third-order valence-electron chi connectivity index (χ3n) is 7.16. The summed E-state index contributed by atoms with van der Waals surface area (Å²) < 4.78 is 6.99. The minimum atomic E-state index is -0.614. The van der Waals surface area contributed by atoms with Crippen LogP contribution in [0, 0.1) is 12.8 Å². The Balaban J connectivity index is 1.49. The lowest BCUT2D eigenvalue weighted by Crippen LogP contribution is -2.49. The largest absolute Gasteiger partial charge is 0.389 e. The number of hydrogen-bond acceptors (Lipinski definition) is 5. The molecule has 180 valence electrons. The van der Waals surface area contributed by atoms with Crippen LogP contribution in [0.4, 0.5) is 0 Å². The lowest BCUT2D eigenvalue weighted by atomic mass is 9.82. The molecule has 0 aromatic carbocycles. The molecule has 0 spiro atoms. The van der Waals surface area contributed by atoms with Crippen LogP contribution < -0.4 is 10.9 Å². The molecule has 0 atom stereocenters. The monoisotopic (exact) mass is 467 g/mol. The molecule has 0 bridgehead atoms. The van der Waals surface area contributed by atoms with Crippen LogP contribution in [0.5, 0.6) is 0 Å². The van der Waals surface area contributed by atoms with Gasteiger partial charge >= 0.3 is 0 Å².